The Kier molecular flexibility index (Phi) is 5.45. The standard InChI is InChI=1S/C16H27N3O2/c1-12-8-19(9-13(2)18(12)3)10-14(20)11-21-16-7-5-4-6-15(16)17/h4-7,12-14,20H,8-11,17H2,1-3H3. The van der Waals surface area contributed by atoms with Crippen molar-refractivity contribution in [1.82, 2.24) is 9.80 Å². The Bertz CT molecular complexity index is 443. The third-order valence-electron chi connectivity index (χ3n) is 4.25. The smallest absolute Gasteiger partial charge is 0.142 e. The summed E-state index contributed by atoms with van der Waals surface area (Å²) in [5.74, 6) is 0.636. The van der Waals surface area contributed by atoms with E-state index in [1.807, 2.05) is 18.2 Å². The Labute approximate surface area is 127 Å². The van der Waals surface area contributed by atoms with Gasteiger partial charge in [-0.15, -0.1) is 0 Å². The summed E-state index contributed by atoms with van der Waals surface area (Å²) in [6, 6.07) is 8.37. The molecule has 0 aromatic heterocycles. The molecule has 0 radical (unpaired) electrons. The first-order chi connectivity index (χ1) is 9.97. The lowest BCUT2D eigenvalue weighted by Crippen LogP contribution is -2.56. The number of hydrogen-bond donors (Lipinski definition) is 2. The average molecular weight is 293 g/mol. The molecule has 118 valence electrons. The minimum atomic E-state index is -0.507. The van der Waals surface area contributed by atoms with E-state index in [1.165, 1.54) is 0 Å². The summed E-state index contributed by atoms with van der Waals surface area (Å²) in [6.45, 7) is 7.29. The summed E-state index contributed by atoms with van der Waals surface area (Å²) in [5, 5.41) is 10.2. The predicted octanol–water partition coefficient (Wildman–Crippen LogP) is 1.03. The third kappa shape index (κ3) is 4.33. The number of hydrogen-bond acceptors (Lipinski definition) is 5. The molecule has 21 heavy (non-hydrogen) atoms. The second-order valence-corrected chi connectivity index (χ2v) is 6.08. The summed E-state index contributed by atoms with van der Waals surface area (Å²) >= 11 is 0. The number of nitrogens with zero attached hydrogens (tertiary/aromatic N) is 2. The fourth-order valence-corrected chi connectivity index (χ4v) is 2.81. The van der Waals surface area contributed by atoms with Gasteiger partial charge in [-0.25, -0.2) is 0 Å². The van der Waals surface area contributed by atoms with Crippen LogP contribution in [0.3, 0.4) is 0 Å². The molecule has 0 spiro atoms. The molecule has 0 bridgehead atoms. The molecule has 3 N–H and O–H groups in total. The van der Waals surface area contributed by atoms with Crippen LogP contribution < -0.4 is 10.5 Å². The van der Waals surface area contributed by atoms with Crippen molar-refractivity contribution in [1.29, 1.82) is 0 Å². The number of nitrogen functional groups attached to an aromatic ring is 1. The van der Waals surface area contributed by atoms with E-state index in [0.717, 1.165) is 13.1 Å². The number of para-hydroxylation sites is 2. The average Bonchev–Trinajstić information content (AvgIpc) is 2.44. The molecular weight excluding hydrogens is 266 g/mol. The number of likely N-dealkylation sites (N-methyl/N-ethyl adjacent to an activating group) is 1. The molecule has 1 aromatic carbocycles. The van der Waals surface area contributed by atoms with Crippen molar-refractivity contribution in [3.05, 3.63) is 24.3 Å². The Morgan fingerprint density at radius 3 is 2.52 bits per heavy atom. The third-order valence-corrected chi connectivity index (χ3v) is 4.25. The molecule has 1 heterocycles. The summed E-state index contributed by atoms with van der Waals surface area (Å²) in [6.07, 6.45) is -0.507. The number of aliphatic hydroxyl groups excluding tert-OH is 1. The highest BCUT2D eigenvalue weighted by atomic mass is 16.5. The van der Waals surface area contributed by atoms with E-state index in [1.54, 1.807) is 6.07 Å². The molecule has 1 aliphatic rings. The molecule has 3 unspecified atom stereocenters. The first kappa shape index (κ1) is 16.1. The minimum absolute atomic E-state index is 0.267. The molecule has 0 saturated carbocycles. The van der Waals surface area contributed by atoms with Gasteiger partial charge < -0.3 is 15.6 Å². The van der Waals surface area contributed by atoms with Gasteiger partial charge in [0.2, 0.25) is 0 Å². The van der Waals surface area contributed by atoms with Crippen LogP contribution in [0.5, 0.6) is 5.75 Å². The number of benzene rings is 1. The first-order valence-electron chi connectivity index (χ1n) is 7.57. The largest absolute Gasteiger partial charge is 0.489 e. The summed E-state index contributed by atoms with van der Waals surface area (Å²) in [7, 11) is 2.16. The van der Waals surface area contributed by atoms with Crippen LogP contribution in [-0.2, 0) is 0 Å². The van der Waals surface area contributed by atoms with Crippen LogP contribution in [-0.4, -0.2) is 66.4 Å². The lowest BCUT2D eigenvalue weighted by atomic mass is 10.1. The van der Waals surface area contributed by atoms with Gasteiger partial charge in [0.25, 0.3) is 0 Å². The van der Waals surface area contributed by atoms with Gasteiger partial charge in [0, 0.05) is 31.7 Å². The predicted molar refractivity (Wildman–Crippen MR) is 85.5 cm³/mol. The fourth-order valence-electron chi connectivity index (χ4n) is 2.81. The topological polar surface area (TPSA) is 62.0 Å². The van der Waals surface area contributed by atoms with E-state index >= 15 is 0 Å². The van der Waals surface area contributed by atoms with Gasteiger partial charge in [-0.2, -0.15) is 0 Å². The number of rotatable bonds is 5. The Balaban J connectivity index is 1.80. The number of ether oxygens (including phenoxy) is 1. The normalized spacial score (nSPS) is 25.7. The van der Waals surface area contributed by atoms with E-state index in [0.29, 0.717) is 30.1 Å². The van der Waals surface area contributed by atoms with E-state index in [2.05, 4.69) is 30.7 Å². The van der Waals surface area contributed by atoms with Crippen molar-refractivity contribution >= 4 is 5.69 Å². The first-order valence-corrected chi connectivity index (χ1v) is 7.57. The highest BCUT2D eigenvalue weighted by Crippen LogP contribution is 2.20. The van der Waals surface area contributed by atoms with Crippen LogP contribution in [0.1, 0.15) is 13.8 Å². The van der Waals surface area contributed by atoms with Crippen molar-refractivity contribution in [2.24, 2.45) is 0 Å². The highest BCUT2D eigenvalue weighted by Gasteiger charge is 2.27. The van der Waals surface area contributed by atoms with Crippen molar-refractivity contribution in [2.45, 2.75) is 32.0 Å². The zero-order chi connectivity index (χ0) is 15.4. The van der Waals surface area contributed by atoms with Crippen LogP contribution in [0.4, 0.5) is 5.69 Å². The monoisotopic (exact) mass is 293 g/mol. The van der Waals surface area contributed by atoms with E-state index in [-0.39, 0.29) is 6.61 Å². The minimum Gasteiger partial charge on any atom is -0.489 e. The molecule has 3 atom stereocenters. The molecule has 0 aliphatic carbocycles. The SMILES string of the molecule is CC1CN(CC(O)COc2ccccc2N)CC(C)N1C. The molecular formula is C16H27N3O2. The van der Waals surface area contributed by atoms with Crippen molar-refractivity contribution in [3.8, 4) is 5.75 Å². The summed E-state index contributed by atoms with van der Waals surface area (Å²) in [5.41, 5.74) is 6.42. The van der Waals surface area contributed by atoms with Gasteiger partial charge in [-0.05, 0) is 33.0 Å². The summed E-state index contributed by atoms with van der Waals surface area (Å²) in [4.78, 5) is 4.68. The van der Waals surface area contributed by atoms with Gasteiger partial charge in [0.15, 0.2) is 0 Å². The summed E-state index contributed by atoms with van der Waals surface area (Å²) < 4.78 is 5.60. The molecule has 1 aromatic rings. The molecule has 0 amide bonds. The number of nitrogens with two attached hydrogens (primary N) is 1. The highest BCUT2D eigenvalue weighted by molar-refractivity contribution is 5.51. The molecule has 2 rings (SSSR count). The zero-order valence-corrected chi connectivity index (χ0v) is 13.2. The lowest BCUT2D eigenvalue weighted by molar-refractivity contribution is 0.0150. The maximum absolute atomic E-state index is 10.2. The second-order valence-electron chi connectivity index (χ2n) is 6.08. The maximum Gasteiger partial charge on any atom is 0.142 e. The molecule has 1 fully saturated rings. The molecule has 5 nitrogen and oxygen atoms in total. The molecule has 1 saturated heterocycles. The van der Waals surface area contributed by atoms with Crippen LogP contribution in [0, 0.1) is 0 Å². The van der Waals surface area contributed by atoms with Crippen LogP contribution in [0.15, 0.2) is 24.3 Å². The molecule has 1 aliphatic heterocycles. The number of aliphatic hydroxyl groups is 1. The van der Waals surface area contributed by atoms with E-state index in [4.69, 9.17) is 10.5 Å². The Morgan fingerprint density at radius 1 is 1.29 bits per heavy atom. The van der Waals surface area contributed by atoms with Gasteiger partial charge >= 0.3 is 0 Å². The Morgan fingerprint density at radius 2 is 1.90 bits per heavy atom. The molecule has 5 heteroatoms. The lowest BCUT2D eigenvalue weighted by Gasteiger charge is -2.43. The van der Waals surface area contributed by atoms with E-state index in [9.17, 15) is 5.11 Å². The van der Waals surface area contributed by atoms with Gasteiger partial charge in [0.1, 0.15) is 18.5 Å². The van der Waals surface area contributed by atoms with Gasteiger partial charge in [-0.3, -0.25) is 9.80 Å². The fraction of sp³-hybridized carbons (Fsp3) is 0.625. The number of piperazine rings is 1. The Hall–Kier alpha value is -1.30. The van der Waals surface area contributed by atoms with Gasteiger partial charge in [0.05, 0.1) is 5.69 Å². The van der Waals surface area contributed by atoms with Crippen LogP contribution in [0.25, 0.3) is 0 Å². The van der Waals surface area contributed by atoms with E-state index < -0.39 is 6.10 Å². The van der Waals surface area contributed by atoms with Crippen molar-refractivity contribution < 1.29 is 9.84 Å². The van der Waals surface area contributed by atoms with Crippen LogP contribution in [0.2, 0.25) is 0 Å². The zero-order valence-electron chi connectivity index (χ0n) is 13.2. The van der Waals surface area contributed by atoms with Crippen molar-refractivity contribution in [2.75, 3.05) is 39.0 Å². The number of anilines is 1. The maximum atomic E-state index is 10.2. The second kappa shape index (κ2) is 7.11. The van der Waals surface area contributed by atoms with Gasteiger partial charge in [-0.1, -0.05) is 12.1 Å². The quantitative estimate of drug-likeness (QED) is 0.794. The number of β-amino-alcohol motifs (C(OH)–C–C–N with tert-alkyl or cyclic N) is 1. The van der Waals surface area contributed by atoms with Crippen LogP contribution >= 0.6 is 0 Å². The van der Waals surface area contributed by atoms with Crippen molar-refractivity contribution in [3.63, 3.8) is 0 Å².